The fourth-order valence-electron chi connectivity index (χ4n) is 3.50. The minimum absolute atomic E-state index is 0.620. The summed E-state index contributed by atoms with van der Waals surface area (Å²) in [4.78, 5) is 0. The van der Waals surface area contributed by atoms with Gasteiger partial charge in [0.2, 0.25) is 0 Å². The average Bonchev–Trinajstić information content (AvgIpc) is 2.76. The van der Waals surface area contributed by atoms with Crippen molar-refractivity contribution in [1.82, 2.24) is 0 Å². The fraction of sp³-hybridized carbons (Fsp3) is 0. The molecule has 0 bridgehead atoms. The maximum absolute atomic E-state index is 2.46. The Bertz CT molecular complexity index is 855. The Morgan fingerprint density at radius 1 is 0.367 bits per heavy atom. The van der Waals surface area contributed by atoms with Crippen molar-refractivity contribution in [2.45, 2.75) is 0 Å². The molecule has 0 aromatic heterocycles. The quantitative estimate of drug-likeness (QED) is 0.111. The summed E-state index contributed by atoms with van der Waals surface area (Å²) in [6, 6.07) is 43.8. The van der Waals surface area contributed by atoms with E-state index in [2.05, 4.69) is 203 Å². The molecule has 4 aromatic rings. The van der Waals surface area contributed by atoms with Gasteiger partial charge in [-0.25, -0.2) is 0 Å². The summed E-state index contributed by atoms with van der Waals surface area (Å²) < 4.78 is -0.620. The zero-order chi connectivity index (χ0) is 21.5. The number of halogens is 4. The number of benzene rings is 4. The van der Waals surface area contributed by atoms with E-state index < -0.39 is 7.11 Å². The molecule has 0 N–H and O–H groups in total. The van der Waals surface area contributed by atoms with Crippen molar-refractivity contribution in [1.29, 1.82) is 0 Å². The van der Waals surface area contributed by atoms with Crippen molar-refractivity contribution in [3.8, 4) is 0 Å². The molecule has 157 valence electrons. The van der Waals surface area contributed by atoms with Crippen molar-refractivity contribution < 1.29 is -0.154 Å². The van der Waals surface area contributed by atoms with Crippen LogP contribution in [0.5, 0.6) is 0 Å². The first-order valence-electron chi connectivity index (χ1n) is 9.07. The van der Waals surface area contributed by atoms with Gasteiger partial charge in [-0.15, -0.1) is 0 Å². The van der Waals surface area contributed by atoms with Crippen molar-refractivity contribution in [3.63, 3.8) is 0 Å². The Morgan fingerprint density at radius 2 is 0.533 bits per heavy atom. The van der Waals surface area contributed by atoms with Crippen LogP contribution in [0.25, 0.3) is 0 Å². The van der Waals surface area contributed by atoms with Crippen molar-refractivity contribution in [2.24, 2.45) is 0 Å². The Hall–Kier alpha value is 0.749. The first kappa shape index (κ1) is 25.4. The third-order valence-electron chi connectivity index (χ3n) is 4.57. The largest absolute Gasteiger partial charge is 0.144 e. The molecule has 0 saturated heterocycles. The van der Waals surface area contributed by atoms with Gasteiger partial charge in [0.05, 0.1) is 0 Å². The van der Waals surface area contributed by atoms with Crippen molar-refractivity contribution in [2.75, 3.05) is 0 Å². The molecule has 0 aliphatic heterocycles. The van der Waals surface area contributed by atoms with Crippen LogP contribution in [0.1, 0.15) is 0 Å². The molecule has 0 heterocycles. The first-order valence-corrected chi connectivity index (χ1v) is 25.1. The van der Waals surface area contributed by atoms with Crippen molar-refractivity contribution >= 4 is 110 Å². The van der Waals surface area contributed by atoms with E-state index in [4.69, 9.17) is 0 Å². The summed E-state index contributed by atoms with van der Waals surface area (Å²) in [5.41, 5.74) is 0. The molecular formula is C24H20FeI4P. The van der Waals surface area contributed by atoms with Gasteiger partial charge in [0.15, 0.2) is 0 Å². The second kappa shape index (κ2) is 12.3. The van der Waals surface area contributed by atoms with Gasteiger partial charge in [0.25, 0.3) is 0 Å². The molecule has 0 saturated carbocycles. The fourth-order valence-corrected chi connectivity index (χ4v) is 7.77. The van der Waals surface area contributed by atoms with Crippen LogP contribution >= 0.6 is 88.6 Å². The van der Waals surface area contributed by atoms with Crippen molar-refractivity contribution in [3.05, 3.63) is 121 Å². The molecule has 0 unspecified atom stereocenters. The van der Waals surface area contributed by atoms with Crippen LogP contribution in [-0.2, 0) is -0.154 Å². The minimum atomic E-state index is -1.91. The topological polar surface area (TPSA) is 0 Å². The molecule has 30 heavy (non-hydrogen) atoms. The van der Waals surface area contributed by atoms with Gasteiger partial charge in [-0.3, -0.25) is 0 Å². The Balaban J connectivity index is 0.000000461. The normalized spacial score (nSPS) is 11.9. The van der Waals surface area contributed by atoms with Gasteiger partial charge in [0.1, 0.15) is 28.5 Å². The molecule has 6 heteroatoms. The molecule has 0 atom stereocenters. The van der Waals surface area contributed by atoms with Gasteiger partial charge < -0.3 is 0 Å². The van der Waals surface area contributed by atoms with Crippen LogP contribution in [0.2, 0.25) is 0 Å². The van der Waals surface area contributed by atoms with Crippen LogP contribution in [0, 0.1) is 0 Å². The maximum Gasteiger partial charge on any atom is 0.144 e. The minimum Gasteiger partial charge on any atom is -0.0620 e. The SMILES string of the molecule is [I][Fe-]([I])([I])[I].c1ccc([P+](c2ccccc2)(c2ccccc2)c2ccccc2)cc1. The monoisotopic (exact) mass is 903 g/mol. The van der Waals surface area contributed by atoms with Crippen LogP contribution < -0.4 is 21.2 Å². The van der Waals surface area contributed by atoms with E-state index in [0.29, 0.717) is 0 Å². The van der Waals surface area contributed by atoms with Crippen LogP contribution in [-0.4, -0.2) is 0 Å². The molecule has 0 aliphatic carbocycles. The second-order valence-electron chi connectivity index (χ2n) is 6.32. The zero-order valence-electron chi connectivity index (χ0n) is 15.9. The van der Waals surface area contributed by atoms with Gasteiger partial charge in [-0.2, -0.15) is 0 Å². The summed E-state index contributed by atoms with van der Waals surface area (Å²) in [6.45, 7) is 0. The van der Waals surface area contributed by atoms with Crippen LogP contribution in [0.15, 0.2) is 121 Å². The summed E-state index contributed by atoms with van der Waals surface area (Å²) in [6.07, 6.45) is 0. The van der Waals surface area contributed by atoms with E-state index in [1.54, 1.807) is 0 Å². The maximum atomic E-state index is 2.46. The van der Waals surface area contributed by atoms with Crippen LogP contribution in [0.4, 0.5) is 0 Å². The molecule has 4 aromatic carbocycles. The molecule has 0 nitrogen and oxygen atoms in total. The van der Waals surface area contributed by atoms with Gasteiger partial charge in [-0.1, -0.05) is 72.8 Å². The van der Waals surface area contributed by atoms with Gasteiger partial charge in [-0.05, 0) is 48.5 Å². The molecule has 0 radical (unpaired) electrons. The molecule has 4 rings (SSSR count). The smallest absolute Gasteiger partial charge is 0.0620 e. The van der Waals surface area contributed by atoms with E-state index in [1.807, 2.05) is 0 Å². The molecular weight excluding hydrogens is 883 g/mol. The summed E-state index contributed by atoms with van der Waals surface area (Å²) in [7, 11) is -1.91. The Morgan fingerprint density at radius 3 is 0.700 bits per heavy atom. The predicted molar refractivity (Wildman–Crippen MR) is 167 cm³/mol. The van der Waals surface area contributed by atoms with E-state index in [0.717, 1.165) is 0 Å². The summed E-state index contributed by atoms with van der Waals surface area (Å²) >= 11 is 9.85. The second-order valence-corrected chi connectivity index (χ2v) is 65.6. The summed E-state index contributed by atoms with van der Waals surface area (Å²) in [5, 5.41) is 5.55. The molecule has 0 fully saturated rings. The Kier molecular flexibility index (Phi) is 10.4. The Labute approximate surface area is 227 Å². The third kappa shape index (κ3) is 6.87. The molecule has 0 spiro atoms. The standard InChI is InChI=1S/C24H20P.Fe.4HI/c1-5-13-21(14-6-1)25(22-15-7-2-8-16-22,23-17-9-3-10-18-23)24-19-11-4-12-20-24;;;;;/h1-20H;;4*1H/q+1;+3;;;;/p-4. The molecule has 0 aliphatic rings. The van der Waals surface area contributed by atoms with E-state index >= 15 is 0 Å². The number of hydrogen-bond acceptors (Lipinski definition) is 0. The zero-order valence-corrected chi connectivity index (χ0v) is 26.5. The first-order chi connectivity index (χ1) is 14.4. The van der Waals surface area contributed by atoms with Gasteiger partial charge >= 0.3 is 81.2 Å². The van der Waals surface area contributed by atoms with Crippen LogP contribution in [0.3, 0.4) is 0 Å². The van der Waals surface area contributed by atoms with E-state index in [-0.39, 0.29) is 0 Å². The predicted octanol–water partition coefficient (Wildman–Crippen LogP) is 7.85. The summed E-state index contributed by atoms with van der Waals surface area (Å²) in [5.74, 6) is 0. The van der Waals surface area contributed by atoms with E-state index in [1.165, 1.54) is 21.2 Å². The molecule has 0 amide bonds. The number of rotatable bonds is 4. The third-order valence-corrected chi connectivity index (χ3v) is 8.86. The van der Waals surface area contributed by atoms with E-state index in [9.17, 15) is 0 Å². The average molecular weight is 903 g/mol. The number of hydrogen-bond donors (Lipinski definition) is 0. The van der Waals surface area contributed by atoms with Gasteiger partial charge in [0, 0.05) is 0 Å².